The van der Waals surface area contributed by atoms with Gasteiger partial charge in [-0.25, -0.2) is 4.90 Å². The molecule has 1 aromatic carbocycles. The maximum Gasteiger partial charge on any atom is 0.404 e. The zero-order valence-corrected chi connectivity index (χ0v) is 10.6. The number of anilines is 1. The van der Waals surface area contributed by atoms with Gasteiger partial charge in [-0.15, -0.1) is 0 Å². The summed E-state index contributed by atoms with van der Waals surface area (Å²) < 4.78 is 75.5. The highest BCUT2D eigenvalue weighted by Crippen LogP contribution is 2.46. The minimum Gasteiger partial charge on any atom is -0.269 e. The van der Waals surface area contributed by atoms with E-state index in [2.05, 4.69) is 0 Å². The van der Waals surface area contributed by atoms with Gasteiger partial charge in [-0.2, -0.15) is 26.3 Å². The first-order valence-corrected chi connectivity index (χ1v) is 5.81. The monoisotopic (exact) mass is 323 g/mol. The van der Waals surface area contributed by atoms with Crippen LogP contribution in [0.25, 0.3) is 0 Å². The first kappa shape index (κ1) is 16.1. The first-order valence-electron chi connectivity index (χ1n) is 5.81. The minimum atomic E-state index is -5.50. The molecule has 3 nitrogen and oxygen atoms in total. The molecule has 1 aliphatic rings. The van der Waals surface area contributed by atoms with E-state index in [0.29, 0.717) is 17.0 Å². The Balaban J connectivity index is 2.36. The Labute approximate surface area is 119 Å². The molecule has 0 saturated carbocycles. The van der Waals surface area contributed by atoms with Crippen LogP contribution in [0.15, 0.2) is 36.4 Å². The SMILES string of the molecule is O=C1C=CC(=O)N1c1ccc(C(C(F)(F)F)C(F)(F)F)cc1. The van der Waals surface area contributed by atoms with Crippen LogP contribution < -0.4 is 4.90 Å². The topological polar surface area (TPSA) is 37.4 Å². The summed E-state index contributed by atoms with van der Waals surface area (Å²) in [7, 11) is 0. The van der Waals surface area contributed by atoms with Gasteiger partial charge in [0.15, 0.2) is 5.92 Å². The summed E-state index contributed by atoms with van der Waals surface area (Å²) in [4.78, 5) is 23.4. The number of benzene rings is 1. The second-order valence-electron chi connectivity index (χ2n) is 4.45. The fraction of sp³-hybridized carbons (Fsp3) is 0.231. The molecule has 9 heteroatoms. The smallest absolute Gasteiger partial charge is 0.269 e. The Hall–Kier alpha value is -2.32. The van der Waals surface area contributed by atoms with Crippen LogP contribution in [0.4, 0.5) is 32.0 Å². The van der Waals surface area contributed by atoms with Gasteiger partial charge in [-0.05, 0) is 17.7 Å². The lowest BCUT2D eigenvalue weighted by atomic mass is 9.97. The highest BCUT2D eigenvalue weighted by molar-refractivity contribution is 6.28. The third-order valence-electron chi connectivity index (χ3n) is 2.95. The van der Waals surface area contributed by atoms with Crippen LogP contribution >= 0.6 is 0 Å². The van der Waals surface area contributed by atoms with Crippen molar-refractivity contribution in [3.63, 3.8) is 0 Å². The predicted molar refractivity (Wildman–Crippen MR) is 62.9 cm³/mol. The number of hydrogen-bond donors (Lipinski definition) is 0. The van der Waals surface area contributed by atoms with E-state index in [1.165, 1.54) is 0 Å². The van der Waals surface area contributed by atoms with Crippen molar-refractivity contribution >= 4 is 17.5 Å². The van der Waals surface area contributed by atoms with E-state index in [1.54, 1.807) is 0 Å². The molecule has 2 rings (SSSR count). The summed E-state index contributed by atoms with van der Waals surface area (Å²) in [5.41, 5.74) is -1.12. The molecule has 0 fully saturated rings. The molecule has 0 atom stereocenters. The van der Waals surface area contributed by atoms with Crippen LogP contribution in [0, 0.1) is 0 Å². The molecule has 0 spiro atoms. The van der Waals surface area contributed by atoms with Gasteiger partial charge in [0.1, 0.15) is 0 Å². The van der Waals surface area contributed by atoms with Crippen LogP contribution in [0.1, 0.15) is 11.5 Å². The van der Waals surface area contributed by atoms with Crippen molar-refractivity contribution in [3.05, 3.63) is 42.0 Å². The Bertz CT molecular complexity index is 597. The lowest BCUT2D eigenvalue weighted by Gasteiger charge is -2.24. The molecule has 1 aromatic rings. The van der Waals surface area contributed by atoms with E-state index in [9.17, 15) is 35.9 Å². The standard InChI is InChI=1S/C13H7F6NO2/c14-12(15,16)11(13(17,18)19)7-1-3-8(4-2-7)20-9(21)5-6-10(20)22/h1-6,11H. The van der Waals surface area contributed by atoms with Crippen molar-refractivity contribution in [2.45, 2.75) is 18.3 Å². The van der Waals surface area contributed by atoms with Gasteiger partial charge >= 0.3 is 12.4 Å². The quantitative estimate of drug-likeness (QED) is 0.618. The molecule has 2 amide bonds. The van der Waals surface area contributed by atoms with Gasteiger partial charge < -0.3 is 0 Å². The summed E-state index contributed by atoms with van der Waals surface area (Å²) in [6.07, 6.45) is -9.10. The summed E-state index contributed by atoms with van der Waals surface area (Å²) in [5.74, 6) is -5.07. The average molecular weight is 323 g/mol. The molecule has 0 radical (unpaired) electrons. The van der Waals surface area contributed by atoms with E-state index < -0.39 is 35.6 Å². The molecule has 0 N–H and O–H groups in total. The molecule has 0 saturated heterocycles. The maximum atomic E-state index is 12.6. The zero-order valence-electron chi connectivity index (χ0n) is 10.6. The number of carbonyl (C=O) groups excluding carboxylic acids is 2. The van der Waals surface area contributed by atoms with E-state index in [0.717, 1.165) is 24.3 Å². The largest absolute Gasteiger partial charge is 0.404 e. The first-order chi connectivity index (χ1) is 10.0. The lowest BCUT2D eigenvalue weighted by molar-refractivity contribution is -0.253. The van der Waals surface area contributed by atoms with E-state index in [4.69, 9.17) is 0 Å². The Morgan fingerprint density at radius 1 is 0.773 bits per heavy atom. The van der Waals surface area contributed by atoms with Gasteiger partial charge in [-0.3, -0.25) is 9.59 Å². The second-order valence-corrected chi connectivity index (χ2v) is 4.45. The highest BCUT2D eigenvalue weighted by Gasteiger charge is 2.57. The number of hydrogen-bond acceptors (Lipinski definition) is 2. The Kier molecular flexibility index (Phi) is 3.76. The lowest BCUT2D eigenvalue weighted by Crippen LogP contribution is -2.34. The van der Waals surface area contributed by atoms with Gasteiger partial charge in [-0.1, -0.05) is 12.1 Å². The number of nitrogens with zero attached hydrogens (tertiary/aromatic N) is 1. The number of halogens is 6. The van der Waals surface area contributed by atoms with Crippen LogP contribution in [-0.4, -0.2) is 24.2 Å². The molecule has 1 heterocycles. The third-order valence-corrected chi connectivity index (χ3v) is 2.95. The maximum absolute atomic E-state index is 12.6. The molecule has 0 aliphatic carbocycles. The number of imide groups is 1. The fourth-order valence-corrected chi connectivity index (χ4v) is 2.03. The van der Waals surface area contributed by atoms with Crippen molar-refractivity contribution in [2.75, 3.05) is 4.90 Å². The average Bonchev–Trinajstić information content (AvgIpc) is 2.67. The predicted octanol–water partition coefficient (Wildman–Crippen LogP) is 3.32. The molecule has 0 bridgehead atoms. The van der Waals surface area contributed by atoms with Crippen LogP contribution in [0.5, 0.6) is 0 Å². The van der Waals surface area contributed by atoms with Gasteiger partial charge in [0.2, 0.25) is 0 Å². The zero-order chi connectivity index (χ0) is 16.7. The molecule has 118 valence electrons. The van der Waals surface area contributed by atoms with Gasteiger partial charge in [0.25, 0.3) is 11.8 Å². The van der Waals surface area contributed by atoms with Crippen molar-refractivity contribution in [3.8, 4) is 0 Å². The van der Waals surface area contributed by atoms with Crippen LogP contribution in [-0.2, 0) is 9.59 Å². The van der Waals surface area contributed by atoms with Crippen LogP contribution in [0.2, 0.25) is 0 Å². The summed E-state index contributed by atoms with van der Waals surface area (Å²) in [5, 5.41) is 0. The van der Waals surface area contributed by atoms with Crippen molar-refractivity contribution in [2.24, 2.45) is 0 Å². The summed E-state index contributed by atoms with van der Waals surface area (Å²) >= 11 is 0. The summed E-state index contributed by atoms with van der Waals surface area (Å²) in [6.45, 7) is 0. The van der Waals surface area contributed by atoms with Crippen molar-refractivity contribution < 1.29 is 35.9 Å². The third kappa shape index (κ3) is 2.97. The molecular formula is C13H7F6NO2. The molecule has 0 unspecified atom stereocenters. The molecular weight excluding hydrogens is 316 g/mol. The van der Waals surface area contributed by atoms with Crippen molar-refractivity contribution in [1.29, 1.82) is 0 Å². The minimum absolute atomic E-state index is 0.105. The van der Waals surface area contributed by atoms with Crippen LogP contribution in [0.3, 0.4) is 0 Å². The van der Waals surface area contributed by atoms with E-state index >= 15 is 0 Å². The number of amides is 2. The molecule has 0 aromatic heterocycles. The fourth-order valence-electron chi connectivity index (χ4n) is 2.03. The number of alkyl halides is 6. The highest BCUT2D eigenvalue weighted by atomic mass is 19.4. The second kappa shape index (κ2) is 5.15. The van der Waals surface area contributed by atoms with E-state index in [1.807, 2.05) is 0 Å². The number of rotatable bonds is 2. The van der Waals surface area contributed by atoms with Crippen molar-refractivity contribution in [1.82, 2.24) is 0 Å². The Morgan fingerprint density at radius 3 is 1.55 bits per heavy atom. The normalized spacial score (nSPS) is 16.0. The molecule has 22 heavy (non-hydrogen) atoms. The number of carbonyl (C=O) groups is 2. The molecule has 1 aliphatic heterocycles. The van der Waals surface area contributed by atoms with Gasteiger partial charge in [0.05, 0.1) is 5.69 Å². The van der Waals surface area contributed by atoms with Gasteiger partial charge in [0, 0.05) is 12.2 Å². The van der Waals surface area contributed by atoms with E-state index in [-0.39, 0.29) is 5.69 Å². The Morgan fingerprint density at radius 2 is 1.18 bits per heavy atom. The summed E-state index contributed by atoms with van der Waals surface area (Å²) in [6, 6.07) is 2.92.